The first kappa shape index (κ1) is 31.1. The van der Waals surface area contributed by atoms with Crippen LogP contribution in [0.1, 0.15) is 46.0 Å². The zero-order valence-corrected chi connectivity index (χ0v) is 20.5. The van der Waals surface area contributed by atoms with E-state index in [0.29, 0.717) is 12.2 Å². The summed E-state index contributed by atoms with van der Waals surface area (Å²) in [4.78, 5) is 71.9. The zero-order chi connectivity index (χ0) is 26.4. The summed E-state index contributed by atoms with van der Waals surface area (Å²) >= 11 is 1.39. The van der Waals surface area contributed by atoms with Crippen molar-refractivity contribution in [3.05, 3.63) is 0 Å². The minimum absolute atomic E-state index is 0.0185. The molecule has 0 rings (SSSR count). The van der Waals surface area contributed by atoms with Crippen LogP contribution in [0.15, 0.2) is 0 Å². The highest BCUT2D eigenvalue weighted by Crippen LogP contribution is 2.10. The Morgan fingerprint density at radius 1 is 0.882 bits per heavy atom. The number of hydrogen-bond acceptors (Lipinski definition) is 8. The zero-order valence-electron chi connectivity index (χ0n) is 19.7. The summed E-state index contributed by atoms with van der Waals surface area (Å²) in [5, 5.41) is 16.5. The number of rotatable bonds is 17. The molecule has 5 amide bonds. The van der Waals surface area contributed by atoms with Crippen molar-refractivity contribution in [2.24, 2.45) is 23.1 Å². The van der Waals surface area contributed by atoms with Crippen LogP contribution < -0.4 is 33.2 Å². The molecule has 0 radical (unpaired) electrons. The van der Waals surface area contributed by atoms with Gasteiger partial charge < -0.3 is 38.3 Å². The summed E-state index contributed by atoms with van der Waals surface area (Å²) in [5.74, 6) is -5.08. The predicted molar refractivity (Wildman–Crippen MR) is 126 cm³/mol. The minimum Gasteiger partial charge on any atom is -0.480 e. The third-order valence-electron chi connectivity index (χ3n) is 5.10. The average Bonchev–Trinajstić information content (AvgIpc) is 2.76. The number of carbonyl (C=O) groups excluding carboxylic acids is 5. The SMILES string of the molecule is CCC(C)C(NC(=O)C(N)CCC(N)=O)C(=O)NC(CC(N)=O)C(=O)NC(CCSC)C(=O)O. The summed E-state index contributed by atoms with van der Waals surface area (Å²) in [6, 6.07) is -4.88. The van der Waals surface area contributed by atoms with Gasteiger partial charge in [0.05, 0.1) is 12.5 Å². The molecule has 0 aliphatic carbocycles. The van der Waals surface area contributed by atoms with Crippen LogP contribution in [0.5, 0.6) is 0 Å². The number of amides is 5. The van der Waals surface area contributed by atoms with Crippen LogP contribution in [-0.2, 0) is 28.8 Å². The first-order chi connectivity index (χ1) is 15.8. The van der Waals surface area contributed by atoms with E-state index < -0.39 is 72.0 Å². The van der Waals surface area contributed by atoms with E-state index in [1.807, 2.05) is 0 Å². The summed E-state index contributed by atoms with van der Waals surface area (Å²) in [6.07, 6.45) is 1.67. The molecular formula is C20H36N6O7S. The molecule has 0 spiro atoms. The summed E-state index contributed by atoms with van der Waals surface area (Å²) in [5.41, 5.74) is 16.0. The van der Waals surface area contributed by atoms with Crippen LogP contribution >= 0.6 is 11.8 Å². The summed E-state index contributed by atoms with van der Waals surface area (Å²) in [6.45, 7) is 3.46. The molecule has 194 valence electrons. The highest BCUT2D eigenvalue weighted by molar-refractivity contribution is 7.98. The van der Waals surface area contributed by atoms with Gasteiger partial charge in [-0.1, -0.05) is 20.3 Å². The number of carboxylic acid groups (broad SMARTS) is 1. The summed E-state index contributed by atoms with van der Waals surface area (Å²) in [7, 11) is 0. The highest BCUT2D eigenvalue weighted by Gasteiger charge is 2.33. The Hall–Kier alpha value is -2.87. The van der Waals surface area contributed by atoms with Gasteiger partial charge in [0.2, 0.25) is 29.5 Å². The second-order valence-corrected chi connectivity index (χ2v) is 8.88. The van der Waals surface area contributed by atoms with Gasteiger partial charge in [-0.05, 0) is 30.8 Å². The van der Waals surface area contributed by atoms with Gasteiger partial charge in [0.15, 0.2) is 0 Å². The van der Waals surface area contributed by atoms with E-state index in [1.165, 1.54) is 11.8 Å². The Morgan fingerprint density at radius 2 is 1.47 bits per heavy atom. The summed E-state index contributed by atoms with van der Waals surface area (Å²) < 4.78 is 0. The molecule has 34 heavy (non-hydrogen) atoms. The Kier molecular flexibility index (Phi) is 14.5. The van der Waals surface area contributed by atoms with E-state index in [0.717, 1.165) is 0 Å². The average molecular weight is 505 g/mol. The van der Waals surface area contributed by atoms with Gasteiger partial charge in [-0.3, -0.25) is 24.0 Å². The van der Waals surface area contributed by atoms with Gasteiger partial charge in [-0.15, -0.1) is 0 Å². The first-order valence-corrected chi connectivity index (χ1v) is 12.2. The third-order valence-corrected chi connectivity index (χ3v) is 5.74. The van der Waals surface area contributed by atoms with Crippen LogP contribution in [0.3, 0.4) is 0 Å². The van der Waals surface area contributed by atoms with Gasteiger partial charge in [0.25, 0.3) is 0 Å². The van der Waals surface area contributed by atoms with Crippen molar-refractivity contribution in [3.8, 4) is 0 Å². The van der Waals surface area contributed by atoms with E-state index in [9.17, 15) is 33.9 Å². The molecule has 10 N–H and O–H groups in total. The Bertz CT molecular complexity index is 751. The van der Waals surface area contributed by atoms with Gasteiger partial charge in [-0.2, -0.15) is 11.8 Å². The molecule has 5 unspecified atom stereocenters. The highest BCUT2D eigenvalue weighted by atomic mass is 32.2. The van der Waals surface area contributed by atoms with Crippen molar-refractivity contribution in [1.29, 1.82) is 0 Å². The number of nitrogens with two attached hydrogens (primary N) is 3. The molecule has 0 fully saturated rings. The van der Waals surface area contributed by atoms with Crippen LogP contribution in [0.4, 0.5) is 0 Å². The molecular weight excluding hydrogens is 468 g/mol. The normalized spacial score (nSPS) is 15.2. The van der Waals surface area contributed by atoms with Gasteiger partial charge in [0.1, 0.15) is 18.1 Å². The van der Waals surface area contributed by atoms with E-state index in [2.05, 4.69) is 16.0 Å². The molecule has 0 aromatic carbocycles. The topological polar surface area (TPSA) is 237 Å². The van der Waals surface area contributed by atoms with Crippen molar-refractivity contribution >= 4 is 47.3 Å². The molecule has 0 aliphatic heterocycles. The Morgan fingerprint density at radius 3 is 1.94 bits per heavy atom. The predicted octanol–water partition coefficient (Wildman–Crippen LogP) is -2.21. The van der Waals surface area contributed by atoms with Crippen molar-refractivity contribution in [1.82, 2.24) is 16.0 Å². The van der Waals surface area contributed by atoms with Crippen molar-refractivity contribution in [3.63, 3.8) is 0 Å². The van der Waals surface area contributed by atoms with Crippen LogP contribution in [0, 0.1) is 5.92 Å². The largest absolute Gasteiger partial charge is 0.480 e. The Balaban J connectivity index is 5.51. The fourth-order valence-corrected chi connectivity index (χ4v) is 3.30. The van der Waals surface area contributed by atoms with E-state index in [1.54, 1.807) is 20.1 Å². The lowest BCUT2D eigenvalue weighted by molar-refractivity contribution is -0.142. The van der Waals surface area contributed by atoms with E-state index in [-0.39, 0.29) is 19.3 Å². The number of carbonyl (C=O) groups is 6. The van der Waals surface area contributed by atoms with E-state index in [4.69, 9.17) is 17.2 Å². The Labute approximate surface area is 202 Å². The van der Waals surface area contributed by atoms with Crippen LogP contribution in [0.25, 0.3) is 0 Å². The lowest BCUT2D eigenvalue weighted by Gasteiger charge is -2.27. The molecule has 0 heterocycles. The quantitative estimate of drug-likeness (QED) is 0.113. The molecule has 0 bridgehead atoms. The fraction of sp³-hybridized carbons (Fsp3) is 0.700. The molecule has 0 aromatic heterocycles. The molecule has 0 aliphatic rings. The number of primary amides is 2. The van der Waals surface area contributed by atoms with Crippen molar-refractivity contribution < 1.29 is 33.9 Å². The van der Waals surface area contributed by atoms with E-state index >= 15 is 0 Å². The molecule has 0 saturated heterocycles. The number of hydrogen-bond donors (Lipinski definition) is 7. The minimum atomic E-state index is -1.45. The van der Waals surface area contributed by atoms with Crippen molar-refractivity contribution in [2.75, 3.05) is 12.0 Å². The molecule has 14 heteroatoms. The molecule has 5 atom stereocenters. The second kappa shape index (κ2) is 15.9. The van der Waals surface area contributed by atoms with Gasteiger partial charge in [0, 0.05) is 6.42 Å². The second-order valence-electron chi connectivity index (χ2n) is 7.90. The van der Waals surface area contributed by atoms with Gasteiger partial charge >= 0.3 is 5.97 Å². The lowest BCUT2D eigenvalue weighted by atomic mass is 9.97. The van der Waals surface area contributed by atoms with Crippen LogP contribution in [-0.4, -0.2) is 76.8 Å². The smallest absolute Gasteiger partial charge is 0.326 e. The maximum atomic E-state index is 13.0. The maximum Gasteiger partial charge on any atom is 0.326 e. The maximum absolute atomic E-state index is 13.0. The molecule has 0 aromatic rings. The first-order valence-electron chi connectivity index (χ1n) is 10.8. The molecule has 0 saturated carbocycles. The third kappa shape index (κ3) is 11.8. The molecule has 13 nitrogen and oxygen atoms in total. The number of nitrogens with one attached hydrogen (secondary N) is 3. The fourth-order valence-electron chi connectivity index (χ4n) is 2.83. The lowest BCUT2D eigenvalue weighted by Crippen LogP contribution is -2.59. The van der Waals surface area contributed by atoms with Gasteiger partial charge in [-0.25, -0.2) is 4.79 Å². The van der Waals surface area contributed by atoms with Crippen molar-refractivity contribution in [2.45, 2.75) is 70.1 Å². The monoisotopic (exact) mass is 504 g/mol. The number of aliphatic carboxylic acids is 1. The standard InChI is InChI=1S/C20H36N6O7S/c1-4-10(2)16(26-17(29)11(21)5-6-14(22)27)19(31)25-13(9-15(23)28)18(30)24-12(20(32)33)7-8-34-3/h10-13,16H,4-9,21H2,1-3H3,(H2,22,27)(H2,23,28)(H,24,30)(H,25,31)(H,26,29)(H,32,33). The number of thioether (sulfide) groups is 1. The number of carboxylic acids is 1. The van der Waals surface area contributed by atoms with Crippen LogP contribution in [0.2, 0.25) is 0 Å².